The number of benzene rings is 1. The van der Waals surface area contributed by atoms with Crippen LogP contribution < -0.4 is 16.2 Å². The minimum absolute atomic E-state index is 0.0188. The van der Waals surface area contributed by atoms with Crippen molar-refractivity contribution in [2.24, 2.45) is 0 Å². The van der Waals surface area contributed by atoms with E-state index >= 15 is 0 Å². The number of hydrogen-bond acceptors (Lipinski definition) is 7. The van der Waals surface area contributed by atoms with Crippen molar-refractivity contribution < 1.29 is 4.74 Å². The minimum atomic E-state index is 0.0188. The first-order valence-corrected chi connectivity index (χ1v) is 7.59. The maximum atomic E-state index is 9.26. The molecule has 0 aliphatic rings. The highest BCUT2D eigenvalue weighted by Gasteiger charge is 2.13. The summed E-state index contributed by atoms with van der Waals surface area (Å²) in [6.07, 6.45) is 3.28. The summed E-state index contributed by atoms with van der Waals surface area (Å²) in [5.74, 6) is 0.751. The van der Waals surface area contributed by atoms with E-state index < -0.39 is 0 Å². The molecular weight excluding hydrogens is 304 g/mol. The first-order chi connectivity index (χ1) is 11.7. The van der Waals surface area contributed by atoms with Crippen LogP contribution in [0.5, 0.6) is 5.75 Å². The highest BCUT2D eigenvalue weighted by Crippen LogP contribution is 2.28. The Balaban J connectivity index is 2.11. The van der Waals surface area contributed by atoms with Crippen LogP contribution in [-0.4, -0.2) is 16.6 Å². The molecule has 1 heterocycles. The van der Waals surface area contributed by atoms with Gasteiger partial charge < -0.3 is 16.2 Å². The van der Waals surface area contributed by atoms with Crippen LogP contribution in [0.2, 0.25) is 0 Å². The summed E-state index contributed by atoms with van der Waals surface area (Å²) in [7, 11) is 0. The van der Waals surface area contributed by atoms with Gasteiger partial charge in [-0.05, 0) is 31.4 Å². The first kappa shape index (κ1) is 17.0. The lowest BCUT2D eigenvalue weighted by atomic mass is 10.1. The Bertz CT molecular complexity index is 791. The Kier molecular flexibility index (Phi) is 5.93. The molecule has 0 aliphatic carbocycles. The highest BCUT2D eigenvalue weighted by molar-refractivity contribution is 5.73. The molecule has 7 nitrogen and oxygen atoms in total. The van der Waals surface area contributed by atoms with E-state index in [-0.39, 0.29) is 17.3 Å². The molecule has 122 valence electrons. The summed E-state index contributed by atoms with van der Waals surface area (Å²) in [6.45, 7) is 0.564. The maximum Gasteiger partial charge on any atom is 0.222 e. The van der Waals surface area contributed by atoms with Gasteiger partial charge >= 0.3 is 0 Å². The summed E-state index contributed by atoms with van der Waals surface area (Å²) in [6, 6.07) is 11.4. The average molecular weight is 322 g/mol. The smallest absolute Gasteiger partial charge is 0.222 e. The maximum absolute atomic E-state index is 9.26. The van der Waals surface area contributed by atoms with Gasteiger partial charge in [0.05, 0.1) is 18.4 Å². The Labute approximate surface area is 140 Å². The van der Waals surface area contributed by atoms with Gasteiger partial charge in [0.15, 0.2) is 0 Å². The fourth-order valence-corrected chi connectivity index (χ4v) is 2.22. The Morgan fingerprint density at radius 1 is 1.08 bits per heavy atom. The van der Waals surface area contributed by atoms with Crippen LogP contribution in [0.1, 0.15) is 31.2 Å². The van der Waals surface area contributed by atoms with E-state index in [0.717, 1.165) is 19.3 Å². The normalized spacial score (nSPS) is 9.92. The predicted octanol–water partition coefficient (Wildman–Crippen LogP) is 2.64. The number of nitrogens with two attached hydrogens (primary N) is 2. The molecule has 4 N–H and O–H groups in total. The third-order valence-corrected chi connectivity index (χ3v) is 3.38. The first-order valence-electron chi connectivity index (χ1n) is 7.59. The van der Waals surface area contributed by atoms with Crippen molar-refractivity contribution in [1.29, 1.82) is 10.5 Å². The van der Waals surface area contributed by atoms with Crippen molar-refractivity contribution >= 4 is 11.8 Å². The molecule has 0 saturated carbocycles. The number of nitriles is 2. The zero-order valence-electron chi connectivity index (χ0n) is 13.2. The lowest BCUT2D eigenvalue weighted by molar-refractivity contribution is 0.305. The molecule has 1 aromatic carbocycles. The third kappa shape index (κ3) is 4.34. The van der Waals surface area contributed by atoms with Gasteiger partial charge in [-0.3, -0.25) is 0 Å². The molecule has 0 fully saturated rings. The van der Waals surface area contributed by atoms with Crippen LogP contribution in [0.4, 0.5) is 11.8 Å². The number of nitrogens with zero attached hydrogens (tertiary/aromatic N) is 4. The van der Waals surface area contributed by atoms with E-state index in [2.05, 4.69) is 16.0 Å². The van der Waals surface area contributed by atoms with Gasteiger partial charge in [-0.15, -0.1) is 0 Å². The van der Waals surface area contributed by atoms with Gasteiger partial charge in [0.25, 0.3) is 0 Å². The number of unbranched alkanes of at least 4 members (excludes halogenated alkanes) is 3. The molecule has 0 amide bonds. The number of rotatable bonds is 7. The molecule has 0 radical (unpaired) electrons. The van der Waals surface area contributed by atoms with E-state index in [1.54, 1.807) is 6.07 Å². The van der Waals surface area contributed by atoms with E-state index in [1.165, 1.54) is 0 Å². The quantitative estimate of drug-likeness (QED) is 0.748. The van der Waals surface area contributed by atoms with Crippen molar-refractivity contribution in [2.45, 2.75) is 25.7 Å². The molecule has 0 saturated heterocycles. The summed E-state index contributed by atoms with van der Waals surface area (Å²) in [5, 5.41) is 17.7. The number of hydrogen-bond donors (Lipinski definition) is 2. The van der Waals surface area contributed by atoms with Crippen molar-refractivity contribution in [3.05, 3.63) is 29.8 Å². The molecule has 0 atom stereocenters. The van der Waals surface area contributed by atoms with E-state index in [0.29, 0.717) is 30.0 Å². The second kappa shape index (κ2) is 8.35. The molecular formula is C17H18N6O. The van der Waals surface area contributed by atoms with Crippen molar-refractivity contribution in [1.82, 2.24) is 9.97 Å². The summed E-state index contributed by atoms with van der Waals surface area (Å²) < 4.78 is 5.71. The molecule has 0 unspecified atom stereocenters. The van der Waals surface area contributed by atoms with Gasteiger partial charge in [-0.25, -0.2) is 4.98 Å². The lowest BCUT2D eigenvalue weighted by Crippen LogP contribution is -2.05. The lowest BCUT2D eigenvalue weighted by Gasteiger charge is -2.10. The second-order valence-electron chi connectivity index (χ2n) is 5.15. The fourth-order valence-electron chi connectivity index (χ4n) is 2.22. The molecule has 2 aromatic rings. The van der Waals surface area contributed by atoms with Crippen LogP contribution >= 0.6 is 0 Å². The second-order valence-corrected chi connectivity index (χ2v) is 5.15. The summed E-state index contributed by atoms with van der Waals surface area (Å²) in [4.78, 5) is 7.93. The zero-order valence-corrected chi connectivity index (χ0v) is 13.2. The van der Waals surface area contributed by atoms with E-state index in [4.69, 9.17) is 21.5 Å². The van der Waals surface area contributed by atoms with E-state index in [1.807, 2.05) is 24.3 Å². The van der Waals surface area contributed by atoms with Crippen molar-refractivity contribution in [3.63, 3.8) is 0 Å². The Morgan fingerprint density at radius 2 is 1.92 bits per heavy atom. The van der Waals surface area contributed by atoms with Crippen LogP contribution in [-0.2, 0) is 0 Å². The van der Waals surface area contributed by atoms with Crippen LogP contribution in [0, 0.1) is 22.7 Å². The molecule has 0 bridgehead atoms. The topological polar surface area (TPSA) is 135 Å². The molecule has 0 spiro atoms. The SMILES string of the molecule is N#CCCCCCOc1cccc(-c2nc(N)nc(N)c2C#N)c1. The van der Waals surface area contributed by atoms with Crippen LogP contribution in [0.15, 0.2) is 24.3 Å². The third-order valence-electron chi connectivity index (χ3n) is 3.38. The van der Waals surface area contributed by atoms with E-state index in [9.17, 15) is 5.26 Å². The number of aromatic nitrogens is 2. The molecule has 7 heteroatoms. The number of anilines is 2. The largest absolute Gasteiger partial charge is 0.494 e. The molecule has 2 rings (SSSR count). The molecule has 24 heavy (non-hydrogen) atoms. The van der Waals surface area contributed by atoms with Crippen molar-refractivity contribution in [3.8, 4) is 29.1 Å². The molecule has 0 aliphatic heterocycles. The number of nitrogen functional groups attached to an aromatic ring is 2. The minimum Gasteiger partial charge on any atom is -0.494 e. The standard InChI is InChI=1S/C17H18N6O/c18-8-3-1-2-4-9-24-13-7-5-6-12(10-13)15-14(11-19)16(20)23-17(21)22-15/h5-7,10H,1-4,9H2,(H4,20,21,22,23). The number of ether oxygens (including phenoxy) is 1. The van der Waals surface area contributed by atoms with Gasteiger partial charge in [-0.2, -0.15) is 15.5 Å². The van der Waals surface area contributed by atoms with Gasteiger partial charge in [0.2, 0.25) is 5.95 Å². The van der Waals surface area contributed by atoms with Crippen molar-refractivity contribution in [2.75, 3.05) is 18.1 Å². The van der Waals surface area contributed by atoms with Gasteiger partial charge in [-0.1, -0.05) is 12.1 Å². The molecule has 1 aromatic heterocycles. The van der Waals surface area contributed by atoms with Crippen LogP contribution in [0.3, 0.4) is 0 Å². The summed E-state index contributed by atoms with van der Waals surface area (Å²) in [5.41, 5.74) is 12.6. The highest BCUT2D eigenvalue weighted by atomic mass is 16.5. The average Bonchev–Trinajstić information content (AvgIpc) is 2.57. The van der Waals surface area contributed by atoms with Crippen LogP contribution in [0.25, 0.3) is 11.3 Å². The fraction of sp³-hybridized carbons (Fsp3) is 0.294. The zero-order chi connectivity index (χ0) is 17.4. The Hall–Kier alpha value is -3.32. The Morgan fingerprint density at radius 3 is 2.67 bits per heavy atom. The summed E-state index contributed by atoms with van der Waals surface area (Å²) >= 11 is 0. The predicted molar refractivity (Wildman–Crippen MR) is 90.6 cm³/mol. The monoisotopic (exact) mass is 322 g/mol. The van der Waals surface area contributed by atoms with Gasteiger partial charge in [0, 0.05) is 12.0 Å². The van der Waals surface area contributed by atoms with Gasteiger partial charge in [0.1, 0.15) is 23.2 Å².